The molecule has 0 saturated carbocycles. The lowest BCUT2D eigenvalue weighted by atomic mass is 9.93. The highest BCUT2D eigenvalue weighted by Crippen LogP contribution is 2.34. The summed E-state index contributed by atoms with van der Waals surface area (Å²) in [6.45, 7) is 5.37. The van der Waals surface area contributed by atoms with Crippen molar-refractivity contribution in [1.29, 1.82) is 0 Å². The summed E-state index contributed by atoms with van der Waals surface area (Å²) in [6, 6.07) is 17.5. The fourth-order valence-corrected chi connectivity index (χ4v) is 5.10. The van der Waals surface area contributed by atoms with Crippen LogP contribution in [0.1, 0.15) is 47.7 Å². The van der Waals surface area contributed by atoms with Crippen LogP contribution in [-0.4, -0.2) is 44.0 Å². The summed E-state index contributed by atoms with van der Waals surface area (Å²) in [5.41, 5.74) is 3.09. The van der Waals surface area contributed by atoms with Crippen molar-refractivity contribution in [1.82, 2.24) is 5.32 Å². The Hall–Kier alpha value is -4.34. The minimum absolute atomic E-state index is 0.190. The number of nitrogens with zero attached hydrogens (tertiary/aromatic N) is 1. The van der Waals surface area contributed by atoms with Crippen LogP contribution in [0.5, 0.6) is 0 Å². The van der Waals surface area contributed by atoms with Crippen molar-refractivity contribution in [2.24, 2.45) is 5.92 Å². The first-order chi connectivity index (χ1) is 20.0. The molecule has 0 radical (unpaired) electrons. The summed E-state index contributed by atoms with van der Waals surface area (Å²) in [7, 11) is 0. The van der Waals surface area contributed by atoms with E-state index in [0.717, 1.165) is 49.3 Å². The Labute approximate surface area is 243 Å². The van der Waals surface area contributed by atoms with Gasteiger partial charge in [-0.15, -0.1) is 0 Å². The topological polar surface area (TPSA) is 87.7 Å². The molecule has 222 valence electrons. The monoisotopic (exact) mass is 581 g/mol. The molecule has 0 bridgehead atoms. The molecule has 3 aromatic rings. The van der Waals surface area contributed by atoms with Gasteiger partial charge in [0.05, 0.1) is 5.56 Å². The van der Waals surface area contributed by atoms with E-state index in [1.807, 2.05) is 37.3 Å². The minimum atomic E-state index is -4.44. The van der Waals surface area contributed by atoms with E-state index < -0.39 is 11.7 Å². The van der Waals surface area contributed by atoms with Crippen LogP contribution in [-0.2, 0) is 20.5 Å². The molecule has 2 N–H and O–H groups in total. The normalized spacial score (nSPS) is 13.9. The van der Waals surface area contributed by atoms with Crippen molar-refractivity contribution in [3.05, 3.63) is 83.4 Å². The summed E-state index contributed by atoms with van der Waals surface area (Å²) in [5.74, 6) is -0.843. The zero-order valence-electron chi connectivity index (χ0n) is 23.6. The van der Waals surface area contributed by atoms with Crippen LogP contribution >= 0.6 is 0 Å². The number of amides is 2. The number of benzene rings is 3. The SMILES string of the molecule is CCNC(=O)COC(=O)CC1CCN(c2ccc(NC(=O)c3cccc(C)c3-c3ccc(C(F)(F)F)cc3)cc2)CC1. The average Bonchev–Trinajstić information content (AvgIpc) is 2.96. The number of hydrogen-bond donors (Lipinski definition) is 2. The van der Waals surface area contributed by atoms with E-state index in [4.69, 9.17) is 4.74 Å². The summed E-state index contributed by atoms with van der Waals surface area (Å²) in [4.78, 5) is 39.0. The third kappa shape index (κ3) is 7.90. The number of carbonyl (C=O) groups is 3. The van der Waals surface area contributed by atoms with E-state index in [-0.39, 0.29) is 36.7 Å². The summed E-state index contributed by atoms with van der Waals surface area (Å²) < 4.78 is 44.2. The van der Waals surface area contributed by atoms with Gasteiger partial charge in [0.15, 0.2) is 6.61 Å². The third-order valence-electron chi connectivity index (χ3n) is 7.32. The molecule has 42 heavy (non-hydrogen) atoms. The van der Waals surface area contributed by atoms with Gasteiger partial charge >= 0.3 is 12.1 Å². The van der Waals surface area contributed by atoms with Gasteiger partial charge in [0.1, 0.15) is 0 Å². The maximum absolute atomic E-state index is 13.3. The smallest absolute Gasteiger partial charge is 0.416 e. The lowest BCUT2D eigenvalue weighted by Gasteiger charge is -2.33. The number of aryl methyl sites for hydroxylation is 1. The summed E-state index contributed by atoms with van der Waals surface area (Å²) in [6.07, 6.45) is -2.52. The minimum Gasteiger partial charge on any atom is -0.456 e. The van der Waals surface area contributed by atoms with Crippen LogP contribution in [0, 0.1) is 12.8 Å². The number of halogens is 3. The van der Waals surface area contributed by atoms with Gasteiger partial charge in [-0.2, -0.15) is 13.2 Å². The second-order valence-electron chi connectivity index (χ2n) is 10.3. The van der Waals surface area contributed by atoms with E-state index in [0.29, 0.717) is 28.9 Å². The molecule has 0 aromatic heterocycles. The van der Waals surface area contributed by atoms with Crippen LogP contribution in [0.4, 0.5) is 24.5 Å². The number of carbonyl (C=O) groups excluding carboxylic acids is 3. The van der Waals surface area contributed by atoms with Gasteiger partial charge in [0.25, 0.3) is 11.8 Å². The number of alkyl halides is 3. The first kappa shape index (κ1) is 30.6. The Morgan fingerprint density at radius 1 is 0.952 bits per heavy atom. The van der Waals surface area contributed by atoms with Crippen molar-refractivity contribution in [2.45, 2.75) is 39.3 Å². The highest BCUT2D eigenvalue weighted by Gasteiger charge is 2.30. The summed E-state index contributed by atoms with van der Waals surface area (Å²) in [5, 5.41) is 5.49. The molecule has 0 unspecified atom stereocenters. The molecule has 0 atom stereocenters. The molecule has 0 spiro atoms. The van der Waals surface area contributed by atoms with Gasteiger partial charge < -0.3 is 20.3 Å². The number of ether oxygens (including phenoxy) is 1. The van der Waals surface area contributed by atoms with Gasteiger partial charge in [-0.05, 0) is 91.8 Å². The molecule has 0 aliphatic carbocycles. The fourth-order valence-electron chi connectivity index (χ4n) is 5.10. The van der Waals surface area contributed by atoms with Crippen LogP contribution in [0.3, 0.4) is 0 Å². The lowest BCUT2D eigenvalue weighted by Crippen LogP contribution is -2.35. The first-order valence-corrected chi connectivity index (χ1v) is 13.9. The molecule has 10 heteroatoms. The predicted octanol–water partition coefficient (Wildman–Crippen LogP) is 6.22. The Balaban J connectivity index is 1.34. The van der Waals surface area contributed by atoms with Crippen LogP contribution < -0.4 is 15.5 Å². The fraction of sp³-hybridized carbons (Fsp3) is 0.344. The average molecular weight is 582 g/mol. The zero-order valence-corrected chi connectivity index (χ0v) is 23.6. The second-order valence-corrected chi connectivity index (χ2v) is 10.3. The second kappa shape index (κ2) is 13.5. The predicted molar refractivity (Wildman–Crippen MR) is 155 cm³/mol. The van der Waals surface area contributed by atoms with Crippen molar-refractivity contribution >= 4 is 29.2 Å². The number of anilines is 2. The molecule has 1 fully saturated rings. The van der Waals surface area contributed by atoms with Crippen molar-refractivity contribution < 1.29 is 32.3 Å². The van der Waals surface area contributed by atoms with Gasteiger partial charge in [0, 0.05) is 43.0 Å². The highest BCUT2D eigenvalue weighted by molar-refractivity contribution is 6.09. The number of rotatable bonds is 9. The van der Waals surface area contributed by atoms with E-state index in [1.54, 1.807) is 19.1 Å². The lowest BCUT2D eigenvalue weighted by molar-refractivity contribution is -0.149. The molecule has 1 heterocycles. The Kier molecular flexibility index (Phi) is 9.88. The molecule has 4 rings (SSSR count). The maximum atomic E-state index is 13.3. The number of likely N-dealkylation sites (N-methyl/N-ethyl adjacent to an activating group) is 1. The van der Waals surface area contributed by atoms with Crippen LogP contribution in [0.2, 0.25) is 0 Å². The van der Waals surface area contributed by atoms with E-state index in [9.17, 15) is 27.6 Å². The van der Waals surface area contributed by atoms with E-state index >= 15 is 0 Å². The molecular weight excluding hydrogens is 547 g/mol. The Morgan fingerprint density at radius 3 is 2.24 bits per heavy atom. The van der Waals surface area contributed by atoms with E-state index in [1.165, 1.54) is 12.1 Å². The molecule has 3 aromatic carbocycles. The van der Waals surface area contributed by atoms with Crippen molar-refractivity contribution in [3.63, 3.8) is 0 Å². The Bertz CT molecular complexity index is 1400. The zero-order chi connectivity index (χ0) is 30.3. The molecule has 1 saturated heterocycles. The number of hydrogen-bond acceptors (Lipinski definition) is 5. The third-order valence-corrected chi connectivity index (χ3v) is 7.32. The Morgan fingerprint density at radius 2 is 1.62 bits per heavy atom. The molecular formula is C32H34F3N3O4. The van der Waals surface area contributed by atoms with Crippen molar-refractivity contribution in [3.8, 4) is 11.1 Å². The number of esters is 1. The molecule has 1 aliphatic rings. The maximum Gasteiger partial charge on any atom is 0.416 e. The first-order valence-electron chi connectivity index (χ1n) is 13.9. The van der Waals surface area contributed by atoms with Crippen molar-refractivity contribution in [2.75, 3.05) is 36.5 Å². The highest BCUT2D eigenvalue weighted by atomic mass is 19.4. The largest absolute Gasteiger partial charge is 0.456 e. The quantitative estimate of drug-likeness (QED) is 0.293. The van der Waals surface area contributed by atoms with Crippen LogP contribution in [0.15, 0.2) is 66.7 Å². The number of nitrogens with one attached hydrogen (secondary N) is 2. The van der Waals surface area contributed by atoms with Gasteiger partial charge in [-0.25, -0.2) is 0 Å². The van der Waals surface area contributed by atoms with Gasteiger partial charge in [-0.3, -0.25) is 14.4 Å². The van der Waals surface area contributed by atoms with Gasteiger partial charge in [0.2, 0.25) is 0 Å². The molecule has 7 nitrogen and oxygen atoms in total. The molecule has 2 amide bonds. The standard InChI is InChI=1S/C32H34F3N3O4/c1-3-36-28(39)20-42-29(40)19-22-15-17-38(18-16-22)26-13-11-25(12-14-26)37-31(41)27-6-4-5-21(2)30(27)23-7-9-24(10-8-23)32(33,34)35/h4-14,22H,3,15-20H2,1-2H3,(H,36,39)(H,37,41). The summed E-state index contributed by atoms with van der Waals surface area (Å²) >= 11 is 0. The van der Waals surface area contributed by atoms with E-state index in [2.05, 4.69) is 15.5 Å². The van der Waals surface area contributed by atoms with Crippen LogP contribution in [0.25, 0.3) is 11.1 Å². The molecule has 1 aliphatic heterocycles. The van der Waals surface area contributed by atoms with Gasteiger partial charge in [-0.1, -0.05) is 24.3 Å². The number of piperidine rings is 1.